The van der Waals surface area contributed by atoms with Gasteiger partial charge in [-0.3, -0.25) is 0 Å². The molecule has 0 radical (unpaired) electrons. The Balaban J connectivity index is 2.73. The number of hydrogen-bond donors (Lipinski definition) is 3. The monoisotopic (exact) mass is 305 g/mol. The predicted octanol–water partition coefficient (Wildman–Crippen LogP) is 0.999. The van der Waals surface area contributed by atoms with Gasteiger partial charge in [-0.1, -0.05) is 0 Å². The van der Waals surface area contributed by atoms with Gasteiger partial charge in [-0.05, 0) is 46.4 Å². The SMILES string of the molecule is NC(=O)N/N=C/c1ccc(O)c(I)c1. The molecule has 2 amide bonds. The molecular weight excluding hydrogens is 297 g/mol. The Bertz CT molecular complexity index is 379. The molecule has 0 saturated carbocycles. The van der Waals surface area contributed by atoms with Crippen molar-refractivity contribution < 1.29 is 9.90 Å². The molecule has 0 saturated heterocycles. The van der Waals surface area contributed by atoms with Crippen molar-refractivity contribution in [3.8, 4) is 5.75 Å². The molecule has 5 nitrogen and oxygen atoms in total. The second-order valence-corrected chi connectivity index (χ2v) is 3.61. The lowest BCUT2D eigenvalue weighted by molar-refractivity contribution is 0.249. The summed E-state index contributed by atoms with van der Waals surface area (Å²) in [5, 5.41) is 12.8. The van der Waals surface area contributed by atoms with Crippen LogP contribution in [0.25, 0.3) is 0 Å². The lowest BCUT2D eigenvalue weighted by atomic mass is 10.2. The van der Waals surface area contributed by atoms with Gasteiger partial charge in [0.15, 0.2) is 0 Å². The molecule has 0 aromatic heterocycles. The highest BCUT2D eigenvalue weighted by atomic mass is 127. The standard InChI is InChI=1S/C8H8IN3O2/c9-6-3-5(1-2-7(6)13)4-11-12-8(10)14/h1-4,13H,(H3,10,12,14)/b11-4+. The van der Waals surface area contributed by atoms with E-state index in [1.54, 1.807) is 18.2 Å². The van der Waals surface area contributed by atoms with Crippen LogP contribution in [0.5, 0.6) is 5.75 Å². The van der Waals surface area contributed by atoms with Gasteiger partial charge in [-0.15, -0.1) is 0 Å². The molecule has 0 aliphatic heterocycles. The van der Waals surface area contributed by atoms with Crippen LogP contribution in [-0.2, 0) is 0 Å². The summed E-state index contributed by atoms with van der Waals surface area (Å²) in [6.07, 6.45) is 1.44. The van der Waals surface area contributed by atoms with E-state index in [2.05, 4.69) is 10.5 Å². The molecule has 1 aromatic carbocycles. The summed E-state index contributed by atoms with van der Waals surface area (Å²) in [7, 11) is 0. The van der Waals surface area contributed by atoms with Gasteiger partial charge in [0.25, 0.3) is 0 Å². The molecule has 0 fully saturated rings. The van der Waals surface area contributed by atoms with Crippen molar-refractivity contribution >= 4 is 34.8 Å². The quantitative estimate of drug-likeness (QED) is 0.432. The summed E-state index contributed by atoms with van der Waals surface area (Å²) in [4.78, 5) is 10.3. The first kappa shape index (κ1) is 10.8. The van der Waals surface area contributed by atoms with Gasteiger partial charge in [0, 0.05) is 0 Å². The Labute approximate surface area is 94.1 Å². The summed E-state index contributed by atoms with van der Waals surface area (Å²) >= 11 is 1.99. The van der Waals surface area contributed by atoms with E-state index < -0.39 is 6.03 Å². The number of hydrazone groups is 1. The number of carbonyl (C=O) groups is 1. The second kappa shape index (κ2) is 4.80. The fourth-order valence-corrected chi connectivity index (χ4v) is 1.31. The fourth-order valence-electron chi connectivity index (χ4n) is 0.774. The maximum absolute atomic E-state index is 10.3. The van der Waals surface area contributed by atoms with Crippen molar-refractivity contribution in [2.75, 3.05) is 0 Å². The molecule has 6 heteroatoms. The van der Waals surface area contributed by atoms with Crippen molar-refractivity contribution in [3.63, 3.8) is 0 Å². The van der Waals surface area contributed by atoms with Gasteiger partial charge >= 0.3 is 6.03 Å². The molecule has 4 N–H and O–H groups in total. The van der Waals surface area contributed by atoms with Gasteiger partial charge in [0.1, 0.15) is 5.75 Å². The molecule has 1 rings (SSSR count). The number of halogens is 1. The molecule has 0 unspecified atom stereocenters. The summed E-state index contributed by atoms with van der Waals surface area (Å²) in [6, 6.07) is 4.23. The number of carbonyl (C=O) groups excluding carboxylic acids is 1. The van der Waals surface area contributed by atoms with E-state index >= 15 is 0 Å². The van der Waals surface area contributed by atoms with Crippen molar-refractivity contribution in [1.29, 1.82) is 0 Å². The zero-order chi connectivity index (χ0) is 10.6. The minimum Gasteiger partial charge on any atom is -0.507 e. The largest absolute Gasteiger partial charge is 0.507 e. The Morgan fingerprint density at radius 1 is 1.64 bits per heavy atom. The Morgan fingerprint density at radius 2 is 2.36 bits per heavy atom. The maximum atomic E-state index is 10.3. The van der Waals surface area contributed by atoms with Gasteiger partial charge in [-0.2, -0.15) is 5.10 Å². The molecule has 1 aromatic rings. The highest BCUT2D eigenvalue weighted by Gasteiger charge is 1.96. The second-order valence-electron chi connectivity index (χ2n) is 2.45. The minimum atomic E-state index is -0.713. The Morgan fingerprint density at radius 3 is 2.93 bits per heavy atom. The lowest BCUT2D eigenvalue weighted by Gasteiger charge is -1.97. The van der Waals surface area contributed by atoms with Crippen LogP contribution in [0.4, 0.5) is 4.79 Å². The third-order valence-corrected chi connectivity index (χ3v) is 2.22. The highest BCUT2D eigenvalue weighted by molar-refractivity contribution is 14.1. The smallest absolute Gasteiger partial charge is 0.332 e. The van der Waals surface area contributed by atoms with Crippen LogP contribution < -0.4 is 11.2 Å². The van der Waals surface area contributed by atoms with E-state index in [0.717, 1.165) is 5.56 Å². The van der Waals surface area contributed by atoms with E-state index in [-0.39, 0.29) is 5.75 Å². The van der Waals surface area contributed by atoms with Crippen LogP contribution in [0.3, 0.4) is 0 Å². The van der Waals surface area contributed by atoms with E-state index in [1.165, 1.54) is 6.21 Å². The molecule has 0 bridgehead atoms. The summed E-state index contributed by atoms with van der Waals surface area (Å²) < 4.78 is 0.714. The molecule has 0 atom stereocenters. The van der Waals surface area contributed by atoms with Crippen molar-refractivity contribution in [2.24, 2.45) is 10.8 Å². The number of primary amides is 1. The molecule has 0 aliphatic rings. The van der Waals surface area contributed by atoms with Gasteiger partial charge < -0.3 is 10.8 Å². The zero-order valence-electron chi connectivity index (χ0n) is 7.07. The molecular formula is C8H8IN3O2. The number of nitrogens with one attached hydrogen (secondary N) is 1. The summed E-state index contributed by atoms with van der Waals surface area (Å²) in [5.74, 6) is 0.214. The topological polar surface area (TPSA) is 87.7 Å². The fraction of sp³-hybridized carbons (Fsp3) is 0. The van der Waals surface area contributed by atoms with E-state index in [9.17, 15) is 9.90 Å². The average molecular weight is 305 g/mol. The van der Waals surface area contributed by atoms with E-state index in [1.807, 2.05) is 22.6 Å². The average Bonchev–Trinajstić information content (AvgIpc) is 2.10. The molecule has 74 valence electrons. The maximum Gasteiger partial charge on any atom is 0.332 e. The predicted molar refractivity (Wildman–Crippen MR) is 61.1 cm³/mol. The Kier molecular flexibility index (Phi) is 3.69. The third-order valence-electron chi connectivity index (χ3n) is 1.36. The number of nitrogens with zero attached hydrogens (tertiary/aromatic N) is 1. The first-order valence-corrected chi connectivity index (χ1v) is 4.74. The van der Waals surface area contributed by atoms with E-state index in [0.29, 0.717) is 3.57 Å². The lowest BCUT2D eigenvalue weighted by Crippen LogP contribution is -2.24. The number of urea groups is 1. The van der Waals surface area contributed by atoms with Crippen LogP contribution in [-0.4, -0.2) is 17.4 Å². The number of benzene rings is 1. The van der Waals surface area contributed by atoms with Crippen molar-refractivity contribution in [2.45, 2.75) is 0 Å². The number of nitrogens with two attached hydrogens (primary N) is 1. The third kappa shape index (κ3) is 3.21. The summed E-state index contributed by atoms with van der Waals surface area (Å²) in [5.41, 5.74) is 7.64. The minimum absolute atomic E-state index is 0.214. The first-order chi connectivity index (χ1) is 6.59. The normalized spacial score (nSPS) is 10.4. The van der Waals surface area contributed by atoms with Gasteiger partial charge in [0.2, 0.25) is 0 Å². The highest BCUT2D eigenvalue weighted by Crippen LogP contribution is 2.19. The van der Waals surface area contributed by atoms with Crippen molar-refractivity contribution in [1.82, 2.24) is 5.43 Å². The molecule has 14 heavy (non-hydrogen) atoms. The van der Waals surface area contributed by atoms with Crippen LogP contribution in [0, 0.1) is 3.57 Å². The number of amides is 2. The van der Waals surface area contributed by atoms with Crippen LogP contribution in [0.15, 0.2) is 23.3 Å². The Hall–Kier alpha value is -1.31. The first-order valence-electron chi connectivity index (χ1n) is 3.66. The zero-order valence-corrected chi connectivity index (χ0v) is 9.22. The van der Waals surface area contributed by atoms with Crippen LogP contribution in [0.1, 0.15) is 5.56 Å². The van der Waals surface area contributed by atoms with Gasteiger partial charge in [-0.25, -0.2) is 10.2 Å². The number of phenolic OH excluding ortho intramolecular Hbond substituents is 1. The van der Waals surface area contributed by atoms with Crippen LogP contribution >= 0.6 is 22.6 Å². The molecule has 0 heterocycles. The van der Waals surface area contributed by atoms with E-state index in [4.69, 9.17) is 5.73 Å². The number of rotatable bonds is 2. The van der Waals surface area contributed by atoms with Gasteiger partial charge in [0.05, 0.1) is 9.78 Å². The molecule has 0 aliphatic carbocycles. The summed E-state index contributed by atoms with van der Waals surface area (Å²) in [6.45, 7) is 0. The van der Waals surface area contributed by atoms with Crippen molar-refractivity contribution in [3.05, 3.63) is 27.3 Å². The number of hydrogen-bond acceptors (Lipinski definition) is 3. The number of aromatic hydroxyl groups is 1. The van der Waals surface area contributed by atoms with Crippen LogP contribution in [0.2, 0.25) is 0 Å². The molecule has 0 spiro atoms. The number of phenols is 1.